The van der Waals surface area contributed by atoms with Crippen LogP contribution in [0.5, 0.6) is 0 Å². The lowest BCUT2D eigenvalue weighted by Gasteiger charge is -2.20. The van der Waals surface area contributed by atoms with Crippen molar-refractivity contribution in [1.82, 2.24) is 0 Å². The fraction of sp³-hybridized carbons (Fsp3) is 0.263. The molecule has 2 rings (SSSR count). The smallest absolute Gasteiger partial charge is 0.315 e. The van der Waals surface area contributed by atoms with Crippen molar-refractivity contribution in [2.45, 2.75) is 13.0 Å². The Labute approximate surface area is 170 Å². The highest BCUT2D eigenvalue weighted by Gasteiger charge is 2.30. The van der Waals surface area contributed by atoms with Crippen LogP contribution in [0.1, 0.15) is 24.2 Å². The molecule has 0 fully saturated rings. The van der Waals surface area contributed by atoms with Gasteiger partial charge in [0.25, 0.3) is 11.4 Å². The molecule has 0 aliphatic carbocycles. The summed E-state index contributed by atoms with van der Waals surface area (Å²) in [5.41, 5.74) is 0.408. The van der Waals surface area contributed by atoms with Gasteiger partial charge in [-0.15, -0.1) is 0 Å². The van der Waals surface area contributed by atoms with E-state index in [2.05, 4.69) is 5.16 Å². The Balaban J connectivity index is 2.09. The number of nitrogens with zero attached hydrogens (tertiary/aromatic N) is 3. The van der Waals surface area contributed by atoms with Gasteiger partial charge in [-0.25, -0.2) is 0 Å². The number of benzene rings is 2. The fourth-order valence-electron chi connectivity index (χ4n) is 2.50. The molecular weight excluding hydrogens is 398 g/mol. The number of nitro groups is 2. The van der Waals surface area contributed by atoms with Crippen LogP contribution in [0.3, 0.4) is 0 Å². The number of esters is 1. The molecule has 0 saturated carbocycles. The molecule has 11 nitrogen and oxygen atoms in total. The van der Waals surface area contributed by atoms with E-state index in [4.69, 9.17) is 9.57 Å². The van der Waals surface area contributed by atoms with Crippen LogP contribution < -0.4 is 0 Å². The minimum absolute atomic E-state index is 0.0826. The van der Waals surface area contributed by atoms with Gasteiger partial charge < -0.3 is 14.7 Å². The Morgan fingerprint density at radius 2 is 1.80 bits per heavy atom. The molecule has 0 saturated heterocycles. The molecule has 0 amide bonds. The van der Waals surface area contributed by atoms with E-state index in [-0.39, 0.29) is 30.2 Å². The molecule has 0 aliphatic rings. The van der Waals surface area contributed by atoms with E-state index < -0.39 is 27.8 Å². The minimum Gasteiger partial charge on any atom is -0.466 e. The Kier molecular flexibility index (Phi) is 7.94. The number of aliphatic hydroxyl groups is 1. The third-order valence-corrected chi connectivity index (χ3v) is 4.03. The van der Waals surface area contributed by atoms with E-state index >= 15 is 0 Å². The average molecular weight is 417 g/mol. The lowest BCUT2D eigenvalue weighted by atomic mass is 9.96. The number of aliphatic hydroxyl groups excluding tert-OH is 1. The molecule has 0 aromatic heterocycles. The van der Waals surface area contributed by atoms with Crippen molar-refractivity contribution in [3.63, 3.8) is 0 Å². The Hall–Kier alpha value is -3.86. The van der Waals surface area contributed by atoms with Crippen molar-refractivity contribution in [1.29, 1.82) is 0 Å². The zero-order chi connectivity index (χ0) is 22.1. The monoisotopic (exact) mass is 417 g/mol. The first-order valence-electron chi connectivity index (χ1n) is 8.82. The SMILES string of the molecule is CCOC(=O)[C@H](CO/N=C/c1cccc([N+](=O)[O-])c1)[C@H](O)c1ccc([N+](=O)[O-])cc1. The Morgan fingerprint density at radius 3 is 2.40 bits per heavy atom. The average Bonchev–Trinajstić information content (AvgIpc) is 2.73. The molecule has 2 aromatic carbocycles. The van der Waals surface area contributed by atoms with Gasteiger partial charge in [-0.1, -0.05) is 17.3 Å². The number of nitro benzene ring substituents is 2. The van der Waals surface area contributed by atoms with Crippen molar-refractivity contribution in [3.05, 3.63) is 79.9 Å². The highest BCUT2D eigenvalue weighted by atomic mass is 16.6. The van der Waals surface area contributed by atoms with Crippen molar-refractivity contribution in [2.24, 2.45) is 11.1 Å². The number of oxime groups is 1. The molecule has 0 spiro atoms. The second-order valence-corrected chi connectivity index (χ2v) is 6.03. The van der Waals surface area contributed by atoms with Crippen LogP contribution in [0, 0.1) is 26.1 Å². The standard InChI is InChI=1S/C19H19N3O8/c1-2-29-19(24)17(18(23)14-6-8-15(9-7-14)21(25)26)12-30-20-11-13-4-3-5-16(10-13)22(27)28/h3-11,17-18,23H,2,12H2,1H3/b20-11+/t17-,18-/m1/s1. The first-order valence-corrected chi connectivity index (χ1v) is 8.82. The molecule has 0 bridgehead atoms. The summed E-state index contributed by atoms with van der Waals surface area (Å²) in [5.74, 6) is -1.87. The molecule has 0 unspecified atom stereocenters. The van der Waals surface area contributed by atoms with Crippen LogP contribution in [0.2, 0.25) is 0 Å². The summed E-state index contributed by atoms with van der Waals surface area (Å²) in [6, 6.07) is 10.8. The van der Waals surface area contributed by atoms with E-state index in [0.29, 0.717) is 5.56 Å². The topological polar surface area (TPSA) is 154 Å². The summed E-state index contributed by atoms with van der Waals surface area (Å²) >= 11 is 0. The Morgan fingerprint density at radius 1 is 1.13 bits per heavy atom. The molecule has 0 radical (unpaired) electrons. The molecular formula is C19H19N3O8. The van der Waals surface area contributed by atoms with Crippen molar-refractivity contribution < 1.29 is 29.3 Å². The summed E-state index contributed by atoms with van der Waals surface area (Å²) in [5, 5.41) is 35.8. The molecule has 2 aromatic rings. The summed E-state index contributed by atoms with van der Waals surface area (Å²) in [6.07, 6.45) is -0.120. The van der Waals surface area contributed by atoms with Gasteiger partial charge in [-0.3, -0.25) is 25.0 Å². The van der Waals surface area contributed by atoms with Crippen LogP contribution >= 0.6 is 0 Å². The van der Waals surface area contributed by atoms with Crippen molar-refractivity contribution >= 4 is 23.6 Å². The third-order valence-electron chi connectivity index (χ3n) is 4.03. The van der Waals surface area contributed by atoms with Crippen molar-refractivity contribution in [2.75, 3.05) is 13.2 Å². The molecule has 11 heteroatoms. The van der Waals surface area contributed by atoms with Gasteiger partial charge in [0, 0.05) is 29.8 Å². The highest BCUT2D eigenvalue weighted by Crippen LogP contribution is 2.26. The van der Waals surface area contributed by atoms with Crippen LogP contribution in [-0.4, -0.2) is 40.4 Å². The fourth-order valence-corrected chi connectivity index (χ4v) is 2.50. The molecule has 158 valence electrons. The number of ether oxygens (including phenoxy) is 1. The van der Waals surface area contributed by atoms with Gasteiger partial charge in [-0.05, 0) is 24.6 Å². The number of carbonyl (C=O) groups excluding carboxylic acids is 1. The van der Waals surface area contributed by atoms with Crippen LogP contribution in [0.15, 0.2) is 53.7 Å². The predicted octanol–water partition coefficient (Wildman–Crippen LogP) is 2.77. The maximum Gasteiger partial charge on any atom is 0.315 e. The van der Waals surface area contributed by atoms with Crippen LogP contribution in [-0.2, 0) is 14.4 Å². The number of non-ortho nitro benzene ring substituents is 2. The highest BCUT2D eigenvalue weighted by molar-refractivity contribution is 5.80. The van der Waals surface area contributed by atoms with Gasteiger partial charge in [0.15, 0.2) is 0 Å². The van der Waals surface area contributed by atoms with Crippen LogP contribution in [0.4, 0.5) is 11.4 Å². The van der Waals surface area contributed by atoms with Crippen LogP contribution in [0.25, 0.3) is 0 Å². The van der Waals surface area contributed by atoms with Gasteiger partial charge in [0.2, 0.25) is 0 Å². The van der Waals surface area contributed by atoms with Gasteiger partial charge in [-0.2, -0.15) is 0 Å². The second-order valence-electron chi connectivity index (χ2n) is 6.03. The van der Waals surface area contributed by atoms with E-state index in [1.807, 2.05) is 0 Å². The summed E-state index contributed by atoms with van der Waals surface area (Å²) in [6.45, 7) is 1.34. The Bertz CT molecular complexity index is 930. The minimum atomic E-state index is -1.35. The van der Waals surface area contributed by atoms with Gasteiger partial charge in [0.1, 0.15) is 12.5 Å². The zero-order valence-corrected chi connectivity index (χ0v) is 15.9. The van der Waals surface area contributed by atoms with Gasteiger partial charge in [0.05, 0.1) is 28.8 Å². The summed E-state index contributed by atoms with van der Waals surface area (Å²) in [7, 11) is 0. The molecule has 30 heavy (non-hydrogen) atoms. The van der Waals surface area contributed by atoms with E-state index in [0.717, 1.165) is 0 Å². The molecule has 1 N–H and O–H groups in total. The maximum absolute atomic E-state index is 12.2. The lowest BCUT2D eigenvalue weighted by molar-refractivity contribution is -0.385. The van der Waals surface area contributed by atoms with Gasteiger partial charge >= 0.3 is 5.97 Å². The third kappa shape index (κ3) is 6.07. The number of hydrogen-bond acceptors (Lipinski definition) is 9. The first-order chi connectivity index (χ1) is 14.3. The molecule has 2 atom stereocenters. The normalized spacial score (nSPS) is 12.9. The second kappa shape index (κ2) is 10.6. The van der Waals surface area contributed by atoms with E-state index in [1.54, 1.807) is 13.0 Å². The molecule has 0 heterocycles. The quantitative estimate of drug-likeness (QED) is 0.268. The van der Waals surface area contributed by atoms with Crippen molar-refractivity contribution in [3.8, 4) is 0 Å². The van der Waals surface area contributed by atoms with E-state index in [9.17, 15) is 30.1 Å². The number of rotatable bonds is 10. The molecule has 0 aliphatic heterocycles. The van der Waals surface area contributed by atoms with E-state index in [1.165, 1.54) is 48.7 Å². The zero-order valence-electron chi connectivity index (χ0n) is 15.9. The predicted molar refractivity (Wildman–Crippen MR) is 105 cm³/mol. The largest absolute Gasteiger partial charge is 0.466 e. The summed E-state index contributed by atoms with van der Waals surface area (Å²) < 4.78 is 4.95. The lowest BCUT2D eigenvalue weighted by Crippen LogP contribution is -2.28. The maximum atomic E-state index is 12.2. The number of hydrogen-bond donors (Lipinski definition) is 1. The summed E-state index contributed by atoms with van der Waals surface area (Å²) in [4.78, 5) is 37.7. The number of carbonyl (C=O) groups is 1. The first kappa shape index (κ1) is 22.4.